The SMILES string of the molecule is C[C@@H]1CN(c2n[nH]c(C3CC4CC4C3)n2)CCN1. The van der Waals surface area contributed by atoms with Gasteiger partial charge in [0, 0.05) is 31.6 Å². The molecule has 4 rings (SSSR count). The van der Waals surface area contributed by atoms with Gasteiger partial charge in [-0.1, -0.05) is 0 Å². The van der Waals surface area contributed by atoms with Crippen molar-refractivity contribution in [3.05, 3.63) is 5.82 Å². The molecule has 0 radical (unpaired) electrons. The zero-order valence-electron chi connectivity index (χ0n) is 10.9. The van der Waals surface area contributed by atoms with E-state index in [-0.39, 0.29) is 0 Å². The first-order chi connectivity index (χ1) is 8.79. The lowest BCUT2D eigenvalue weighted by molar-refractivity contribution is 0.479. The number of rotatable bonds is 2. The molecule has 0 amide bonds. The number of fused-ring (bicyclic) bond motifs is 1. The minimum absolute atomic E-state index is 0.528. The van der Waals surface area contributed by atoms with E-state index in [9.17, 15) is 0 Å². The molecule has 3 fully saturated rings. The normalized spacial score (nSPS) is 38.8. The highest BCUT2D eigenvalue weighted by molar-refractivity contribution is 5.31. The van der Waals surface area contributed by atoms with Crippen molar-refractivity contribution in [2.75, 3.05) is 24.5 Å². The Morgan fingerprint density at radius 2 is 2.06 bits per heavy atom. The third-order valence-electron chi connectivity index (χ3n) is 4.77. The molecule has 2 saturated carbocycles. The fourth-order valence-electron chi connectivity index (χ4n) is 3.64. The number of nitrogens with one attached hydrogen (secondary N) is 2. The number of anilines is 1. The average Bonchev–Trinajstić information content (AvgIpc) is 2.83. The summed E-state index contributed by atoms with van der Waals surface area (Å²) in [6.45, 7) is 5.26. The smallest absolute Gasteiger partial charge is 0.244 e. The number of piperazine rings is 1. The second-order valence-electron chi connectivity index (χ2n) is 6.25. The first-order valence-corrected chi connectivity index (χ1v) is 7.20. The Kier molecular flexibility index (Phi) is 2.37. The van der Waals surface area contributed by atoms with Gasteiger partial charge in [0.05, 0.1) is 0 Å². The topological polar surface area (TPSA) is 56.8 Å². The molecule has 1 aromatic heterocycles. The molecule has 0 spiro atoms. The molecule has 5 nitrogen and oxygen atoms in total. The molecule has 2 N–H and O–H groups in total. The Hall–Kier alpha value is -1.10. The van der Waals surface area contributed by atoms with Crippen molar-refractivity contribution in [3.8, 4) is 0 Å². The number of hydrogen-bond acceptors (Lipinski definition) is 4. The zero-order chi connectivity index (χ0) is 12.1. The van der Waals surface area contributed by atoms with Crippen molar-refractivity contribution < 1.29 is 0 Å². The summed E-state index contributed by atoms with van der Waals surface area (Å²) in [6, 6.07) is 0.528. The summed E-state index contributed by atoms with van der Waals surface area (Å²) in [6.07, 6.45) is 4.13. The van der Waals surface area contributed by atoms with Crippen molar-refractivity contribution in [1.29, 1.82) is 0 Å². The maximum absolute atomic E-state index is 4.74. The molecule has 18 heavy (non-hydrogen) atoms. The molecule has 2 unspecified atom stereocenters. The molecule has 1 aliphatic heterocycles. The van der Waals surface area contributed by atoms with E-state index in [0.717, 1.165) is 43.2 Å². The van der Waals surface area contributed by atoms with Gasteiger partial charge in [-0.15, -0.1) is 5.10 Å². The summed E-state index contributed by atoms with van der Waals surface area (Å²) in [5.41, 5.74) is 0. The average molecular weight is 247 g/mol. The monoisotopic (exact) mass is 247 g/mol. The molecule has 3 aliphatic rings. The highest BCUT2D eigenvalue weighted by Crippen LogP contribution is 2.56. The van der Waals surface area contributed by atoms with Crippen LogP contribution >= 0.6 is 0 Å². The van der Waals surface area contributed by atoms with Crippen LogP contribution in [0.15, 0.2) is 0 Å². The highest BCUT2D eigenvalue weighted by Gasteiger charge is 2.47. The number of aromatic amines is 1. The second-order valence-corrected chi connectivity index (χ2v) is 6.25. The van der Waals surface area contributed by atoms with Crippen LogP contribution in [0.25, 0.3) is 0 Å². The Morgan fingerprint density at radius 3 is 2.83 bits per heavy atom. The Labute approximate surface area is 107 Å². The van der Waals surface area contributed by atoms with Crippen molar-refractivity contribution in [2.24, 2.45) is 11.8 Å². The molecule has 98 valence electrons. The predicted molar refractivity (Wildman–Crippen MR) is 69.6 cm³/mol. The minimum Gasteiger partial charge on any atom is -0.337 e. The summed E-state index contributed by atoms with van der Waals surface area (Å²) < 4.78 is 0. The molecule has 0 aromatic carbocycles. The van der Waals surface area contributed by atoms with Gasteiger partial charge in [-0.2, -0.15) is 4.98 Å². The lowest BCUT2D eigenvalue weighted by atomic mass is 10.0. The lowest BCUT2D eigenvalue weighted by Gasteiger charge is -2.30. The van der Waals surface area contributed by atoms with Gasteiger partial charge in [-0.05, 0) is 38.0 Å². The van der Waals surface area contributed by atoms with E-state index >= 15 is 0 Å². The van der Waals surface area contributed by atoms with E-state index in [0.29, 0.717) is 12.0 Å². The van der Waals surface area contributed by atoms with Crippen LogP contribution in [0, 0.1) is 11.8 Å². The summed E-state index contributed by atoms with van der Waals surface area (Å²) in [5.74, 6) is 4.68. The quantitative estimate of drug-likeness (QED) is 0.822. The summed E-state index contributed by atoms with van der Waals surface area (Å²) in [5, 5.41) is 11.0. The molecular weight excluding hydrogens is 226 g/mol. The Bertz CT molecular complexity index is 432. The summed E-state index contributed by atoms with van der Waals surface area (Å²) in [4.78, 5) is 7.03. The van der Waals surface area contributed by atoms with Gasteiger partial charge < -0.3 is 10.2 Å². The van der Waals surface area contributed by atoms with E-state index in [2.05, 4.69) is 27.3 Å². The number of H-pyrrole nitrogens is 1. The van der Waals surface area contributed by atoms with E-state index in [1.165, 1.54) is 19.3 Å². The van der Waals surface area contributed by atoms with Crippen LogP contribution in [0.1, 0.15) is 37.9 Å². The molecular formula is C13H21N5. The fraction of sp³-hybridized carbons (Fsp3) is 0.846. The zero-order valence-corrected chi connectivity index (χ0v) is 10.9. The number of nitrogens with zero attached hydrogens (tertiary/aromatic N) is 3. The summed E-state index contributed by atoms with van der Waals surface area (Å²) >= 11 is 0. The Balaban J connectivity index is 1.47. The molecule has 5 heteroatoms. The fourth-order valence-corrected chi connectivity index (χ4v) is 3.64. The van der Waals surface area contributed by atoms with Crippen molar-refractivity contribution >= 4 is 5.95 Å². The van der Waals surface area contributed by atoms with Gasteiger partial charge in [0.15, 0.2) is 0 Å². The summed E-state index contributed by atoms with van der Waals surface area (Å²) in [7, 11) is 0. The van der Waals surface area contributed by atoms with Crippen LogP contribution in [0.5, 0.6) is 0 Å². The van der Waals surface area contributed by atoms with Crippen molar-refractivity contribution in [1.82, 2.24) is 20.5 Å². The third kappa shape index (κ3) is 1.81. The van der Waals surface area contributed by atoms with Crippen molar-refractivity contribution in [3.63, 3.8) is 0 Å². The van der Waals surface area contributed by atoms with E-state index < -0.39 is 0 Å². The molecule has 2 heterocycles. The standard InChI is InChI=1S/C13H21N5/c1-8-7-18(3-2-14-8)13-15-12(16-17-13)11-5-9-4-10(9)6-11/h8-11,14H,2-7H2,1H3,(H,15,16,17)/t8-,9?,10?,11?/m1/s1. The second kappa shape index (κ2) is 3.95. The van der Waals surface area contributed by atoms with Gasteiger partial charge in [0.1, 0.15) is 5.82 Å². The van der Waals surface area contributed by atoms with Crippen molar-refractivity contribution in [2.45, 2.75) is 38.1 Å². The van der Waals surface area contributed by atoms with Crippen LogP contribution in [-0.4, -0.2) is 40.9 Å². The predicted octanol–water partition coefficient (Wildman–Crippen LogP) is 1.12. The molecule has 1 saturated heterocycles. The van der Waals surface area contributed by atoms with Gasteiger partial charge in [-0.3, -0.25) is 5.10 Å². The van der Waals surface area contributed by atoms with Gasteiger partial charge in [0.2, 0.25) is 5.95 Å². The first-order valence-electron chi connectivity index (χ1n) is 7.20. The van der Waals surface area contributed by atoms with Crippen LogP contribution in [0.2, 0.25) is 0 Å². The maximum atomic E-state index is 4.74. The first kappa shape index (κ1) is 10.8. The molecule has 2 aliphatic carbocycles. The van der Waals surface area contributed by atoms with Crippen LogP contribution < -0.4 is 10.2 Å². The maximum Gasteiger partial charge on any atom is 0.244 e. The van der Waals surface area contributed by atoms with Gasteiger partial charge in [-0.25, -0.2) is 0 Å². The minimum atomic E-state index is 0.528. The Morgan fingerprint density at radius 1 is 1.22 bits per heavy atom. The lowest BCUT2D eigenvalue weighted by Crippen LogP contribution is -2.49. The highest BCUT2D eigenvalue weighted by atomic mass is 15.4. The molecule has 1 aromatic rings. The molecule has 0 bridgehead atoms. The largest absolute Gasteiger partial charge is 0.337 e. The van der Waals surface area contributed by atoms with Gasteiger partial charge in [0.25, 0.3) is 0 Å². The van der Waals surface area contributed by atoms with Crippen LogP contribution in [0.4, 0.5) is 5.95 Å². The van der Waals surface area contributed by atoms with E-state index in [1.807, 2.05) is 0 Å². The van der Waals surface area contributed by atoms with E-state index in [1.54, 1.807) is 0 Å². The number of aromatic nitrogens is 3. The third-order valence-corrected chi connectivity index (χ3v) is 4.77. The van der Waals surface area contributed by atoms with Crippen LogP contribution in [-0.2, 0) is 0 Å². The molecule has 3 atom stereocenters. The number of hydrogen-bond donors (Lipinski definition) is 2. The van der Waals surface area contributed by atoms with E-state index in [4.69, 9.17) is 4.98 Å². The van der Waals surface area contributed by atoms with Gasteiger partial charge >= 0.3 is 0 Å². The van der Waals surface area contributed by atoms with Crippen LogP contribution in [0.3, 0.4) is 0 Å².